The van der Waals surface area contributed by atoms with Gasteiger partial charge in [0.1, 0.15) is 6.61 Å². The maximum absolute atomic E-state index is 13.3. The predicted octanol–water partition coefficient (Wildman–Crippen LogP) is 3.58. The quantitative estimate of drug-likeness (QED) is 0.805. The average molecular weight is 379 g/mol. The van der Waals surface area contributed by atoms with Gasteiger partial charge in [-0.2, -0.15) is 0 Å². The third-order valence-corrected chi connectivity index (χ3v) is 4.44. The Morgan fingerprint density at radius 3 is 2.00 bits per heavy atom. The van der Waals surface area contributed by atoms with Gasteiger partial charge in [0, 0.05) is 5.92 Å². The molecule has 2 aromatic carbocycles. The van der Waals surface area contributed by atoms with Gasteiger partial charge in [-0.3, -0.25) is 0 Å². The molecule has 8 heteroatoms. The summed E-state index contributed by atoms with van der Waals surface area (Å²) in [7, 11) is 0. The van der Waals surface area contributed by atoms with E-state index in [2.05, 4.69) is 0 Å². The van der Waals surface area contributed by atoms with E-state index in [4.69, 9.17) is 9.84 Å². The number of nitrogens with one attached hydrogen (secondary N) is 1. The molecule has 0 aromatic heterocycles. The van der Waals surface area contributed by atoms with Gasteiger partial charge in [-0.15, -0.1) is 0 Å². The minimum Gasteiger partial charge on any atom is -0.480 e. The summed E-state index contributed by atoms with van der Waals surface area (Å²) in [4.78, 5) is 22.8. The van der Waals surface area contributed by atoms with Crippen LogP contribution >= 0.6 is 0 Å². The normalized spacial score (nSPS) is 15.0. The number of halogens is 3. The SMILES string of the molecule is O=C(N[C@@H](C(=O)O)C(F)C(F)F)OCC1c2ccccc2-c2ccccc21. The number of alkyl halides is 3. The summed E-state index contributed by atoms with van der Waals surface area (Å²) in [5.74, 6) is -2.20. The van der Waals surface area contributed by atoms with E-state index in [0.717, 1.165) is 22.3 Å². The number of hydrogen-bond acceptors (Lipinski definition) is 3. The van der Waals surface area contributed by atoms with Crippen molar-refractivity contribution < 1.29 is 32.6 Å². The van der Waals surface area contributed by atoms with Gasteiger partial charge in [0.05, 0.1) is 0 Å². The smallest absolute Gasteiger partial charge is 0.407 e. The second-order valence-corrected chi connectivity index (χ2v) is 6.06. The maximum Gasteiger partial charge on any atom is 0.407 e. The van der Waals surface area contributed by atoms with Crippen LogP contribution in [0.25, 0.3) is 11.1 Å². The molecule has 142 valence electrons. The number of aliphatic carboxylic acids is 1. The maximum atomic E-state index is 13.3. The number of carbonyl (C=O) groups excluding carboxylic acids is 1. The predicted molar refractivity (Wildman–Crippen MR) is 90.5 cm³/mol. The van der Waals surface area contributed by atoms with Crippen molar-refractivity contribution in [3.05, 3.63) is 59.7 Å². The molecule has 0 saturated carbocycles. The number of alkyl carbamates (subject to hydrolysis) is 1. The Hall–Kier alpha value is -3.03. The first-order valence-electron chi connectivity index (χ1n) is 8.16. The zero-order chi connectivity index (χ0) is 19.6. The van der Waals surface area contributed by atoms with Gasteiger partial charge in [0.2, 0.25) is 0 Å². The fourth-order valence-electron chi connectivity index (χ4n) is 3.19. The highest BCUT2D eigenvalue weighted by atomic mass is 19.3. The van der Waals surface area contributed by atoms with E-state index in [1.54, 1.807) is 5.32 Å². The van der Waals surface area contributed by atoms with Crippen molar-refractivity contribution in [1.82, 2.24) is 5.32 Å². The van der Waals surface area contributed by atoms with E-state index in [1.165, 1.54) is 0 Å². The van der Waals surface area contributed by atoms with E-state index >= 15 is 0 Å². The molecule has 1 aliphatic carbocycles. The number of carboxylic acid groups (broad SMARTS) is 1. The standard InChI is InChI=1S/C19H16F3NO4/c20-15(17(21)22)16(18(24)25)23-19(26)27-9-14-12-7-3-1-5-10(12)11-6-2-4-8-13(11)14/h1-8,14-17H,9H2,(H,23,26)(H,24,25)/t15?,16-/m1/s1. The Balaban J connectivity index is 1.71. The molecule has 0 saturated heterocycles. The van der Waals surface area contributed by atoms with Crippen LogP contribution in [-0.4, -0.2) is 42.4 Å². The molecule has 0 radical (unpaired) electrons. The molecule has 5 nitrogen and oxygen atoms in total. The zero-order valence-electron chi connectivity index (χ0n) is 13.9. The van der Waals surface area contributed by atoms with Crippen molar-refractivity contribution in [1.29, 1.82) is 0 Å². The third kappa shape index (κ3) is 3.74. The highest BCUT2D eigenvalue weighted by Crippen LogP contribution is 2.44. The lowest BCUT2D eigenvalue weighted by molar-refractivity contribution is -0.143. The third-order valence-electron chi connectivity index (χ3n) is 4.44. The van der Waals surface area contributed by atoms with Gasteiger partial charge in [0.25, 0.3) is 6.43 Å². The molecule has 2 N–H and O–H groups in total. The second kappa shape index (κ2) is 7.69. The summed E-state index contributed by atoms with van der Waals surface area (Å²) < 4.78 is 43.2. The number of carboxylic acids is 1. The van der Waals surface area contributed by atoms with Crippen molar-refractivity contribution in [3.63, 3.8) is 0 Å². The minimum atomic E-state index is -3.54. The monoisotopic (exact) mass is 379 g/mol. The molecule has 3 rings (SSSR count). The summed E-state index contributed by atoms with van der Waals surface area (Å²) in [6.07, 6.45) is -7.85. The van der Waals surface area contributed by atoms with E-state index in [-0.39, 0.29) is 12.5 Å². The van der Waals surface area contributed by atoms with Gasteiger partial charge in [-0.05, 0) is 22.3 Å². The summed E-state index contributed by atoms with van der Waals surface area (Å²) in [5.41, 5.74) is 3.84. The molecule has 0 spiro atoms. The van der Waals surface area contributed by atoms with Gasteiger partial charge < -0.3 is 15.2 Å². The molecular formula is C19H16F3NO4. The molecule has 0 fully saturated rings. The van der Waals surface area contributed by atoms with Crippen LogP contribution in [-0.2, 0) is 9.53 Å². The number of benzene rings is 2. The molecule has 1 unspecified atom stereocenters. The van der Waals surface area contributed by atoms with Crippen LogP contribution in [0.5, 0.6) is 0 Å². The Bertz CT molecular complexity index is 813. The van der Waals surface area contributed by atoms with Crippen LogP contribution in [0, 0.1) is 0 Å². The van der Waals surface area contributed by atoms with Crippen molar-refractivity contribution in [2.45, 2.75) is 24.6 Å². The Morgan fingerprint density at radius 2 is 1.52 bits per heavy atom. The van der Waals surface area contributed by atoms with E-state index in [9.17, 15) is 22.8 Å². The fourth-order valence-corrected chi connectivity index (χ4v) is 3.19. The molecular weight excluding hydrogens is 363 g/mol. The molecule has 0 bridgehead atoms. The first kappa shape index (κ1) is 18.8. The number of fused-ring (bicyclic) bond motifs is 3. The fraction of sp³-hybridized carbons (Fsp3) is 0.263. The van der Waals surface area contributed by atoms with Gasteiger partial charge in [0.15, 0.2) is 12.2 Å². The van der Waals surface area contributed by atoms with Crippen LogP contribution in [0.15, 0.2) is 48.5 Å². The lowest BCUT2D eigenvalue weighted by atomic mass is 9.98. The summed E-state index contributed by atoms with van der Waals surface area (Å²) in [5, 5.41) is 10.5. The molecule has 2 atom stereocenters. The van der Waals surface area contributed by atoms with Gasteiger partial charge in [-0.25, -0.2) is 22.8 Å². The Kier molecular flexibility index (Phi) is 5.34. The van der Waals surface area contributed by atoms with E-state index in [0.29, 0.717) is 0 Å². The largest absolute Gasteiger partial charge is 0.480 e. The first-order valence-corrected chi connectivity index (χ1v) is 8.16. The lowest BCUT2D eigenvalue weighted by Crippen LogP contribution is -2.49. The van der Waals surface area contributed by atoms with Crippen LogP contribution in [0.1, 0.15) is 17.0 Å². The summed E-state index contributed by atoms with van der Waals surface area (Å²) in [6.45, 7) is -0.141. The van der Waals surface area contributed by atoms with Crippen LogP contribution < -0.4 is 5.32 Å². The summed E-state index contributed by atoms with van der Waals surface area (Å²) >= 11 is 0. The molecule has 0 heterocycles. The number of carbonyl (C=O) groups is 2. The number of rotatable bonds is 6. The topological polar surface area (TPSA) is 75.6 Å². The summed E-state index contributed by atoms with van der Waals surface area (Å²) in [6, 6.07) is 12.7. The van der Waals surface area contributed by atoms with Crippen molar-refractivity contribution in [2.24, 2.45) is 0 Å². The second-order valence-electron chi connectivity index (χ2n) is 6.06. The van der Waals surface area contributed by atoms with E-state index < -0.39 is 30.7 Å². The van der Waals surface area contributed by atoms with Gasteiger partial charge in [-0.1, -0.05) is 48.5 Å². The first-order chi connectivity index (χ1) is 12.9. The lowest BCUT2D eigenvalue weighted by Gasteiger charge is -2.19. The van der Waals surface area contributed by atoms with E-state index in [1.807, 2.05) is 48.5 Å². The van der Waals surface area contributed by atoms with Crippen molar-refractivity contribution >= 4 is 12.1 Å². The molecule has 1 amide bonds. The zero-order valence-corrected chi connectivity index (χ0v) is 13.9. The minimum absolute atomic E-state index is 0.141. The highest BCUT2D eigenvalue weighted by molar-refractivity contribution is 5.81. The van der Waals surface area contributed by atoms with Crippen LogP contribution in [0.3, 0.4) is 0 Å². The number of amides is 1. The van der Waals surface area contributed by atoms with Crippen molar-refractivity contribution in [2.75, 3.05) is 6.61 Å². The van der Waals surface area contributed by atoms with Crippen LogP contribution in [0.2, 0.25) is 0 Å². The molecule has 2 aromatic rings. The highest BCUT2D eigenvalue weighted by Gasteiger charge is 2.37. The molecule has 27 heavy (non-hydrogen) atoms. The van der Waals surface area contributed by atoms with Crippen molar-refractivity contribution in [3.8, 4) is 11.1 Å². The Labute approximate surface area is 152 Å². The van der Waals surface area contributed by atoms with Crippen LogP contribution in [0.4, 0.5) is 18.0 Å². The number of ether oxygens (including phenoxy) is 1. The molecule has 1 aliphatic rings. The number of hydrogen-bond donors (Lipinski definition) is 2. The molecule has 0 aliphatic heterocycles. The van der Waals surface area contributed by atoms with Gasteiger partial charge >= 0.3 is 12.1 Å². The Morgan fingerprint density at radius 1 is 1.00 bits per heavy atom. The average Bonchev–Trinajstić information content (AvgIpc) is 2.97.